The minimum Gasteiger partial charge on any atom is -0.365 e. The summed E-state index contributed by atoms with van der Waals surface area (Å²) in [6, 6.07) is 9.39. The molecule has 8 heteroatoms. The van der Waals surface area contributed by atoms with Crippen LogP contribution in [0.5, 0.6) is 0 Å². The number of hydrogen-bond acceptors (Lipinski definition) is 6. The predicted molar refractivity (Wildman–Crippen MR) is 101 cm³/mol. The highest BCUT2D eigenvalue weighted by Gasteiger charge is 2.44. The fraction of sp³-hybridized carbons (Fsp3) is 0.421. The first-order chi connectivity index (χ1) is 13.1. The summed E-state index contributed by atoms with van der Waals surface area (Å²) in [6.45, 7) is 1.19. The van der Waals surface area contributed by atoms with Crippen molar-refractivity contribution in [3.63, 3.8) is 0 Å². The molecule has 1 aromatic heterocycles. The highest BCUT2D eigenvalue weighted by atomic mass is 16.7. The molecule has 1 aromatic carbocycles. The van der Waals surface area contributed by atoms with Crippen LogP contribution in [-0.2, 0) is 9.47 Å². The molecule has 27 heavy (non-hydrogen) atoms. The van der Waals surface area contributed by atoms with Gasteiger partial charge in [0, 0.05) is 37.5 Å². The number of aromatic nitrogens is 2. The largest absolute Gasteiger partial charge is 0.365 e. The molecule has 0 radical (unpaired) electrons. The van der Waals surface area contributed by atoms with Gasteiger partial charge in [0.05, 0.1) is 19.3 Å². The number of anilines is 2. The van der Waals surface area contributed by atoms with E-state index in [1.54, 1.807) is 17.9 Å². The fourth-order valence-electron chi connectivity index (χ4n) is 3.75. The lowest BCUT2D eigenvalue weighted by Crippen LogP contribution is -2.41. The number of carbonyl (C=O) groups is 1. The molecule has 2 aromatic rings. The van der Waals surface area contributed by atoms with Crippen LogP contribution in [0.2, 0.25) is 0 Å². The number of nitrogens with one attached hydrogen (secondary N) is 1. The first kappa shape index (κ1) is 17.7. The fourth-order valence-corrected chi connectivity index (χ4v) is 3.75. The van der Waals surface area contributed by atoms with Crippen LogP contribution in [0.4, 0.5) is 11.5 Å². The third-order valence-electron chi connectivity index (χ3n) is 5.11. The molecule has 1 spiro atoms. The molecule has 2 aliphatic rings. The topological polar surface area (TPSA) is 104 Å². The molecule has 2 heterocycles. The Morgan fingerprint density at radius 2 is 2.07 bits per heavy atom. The minimum absolute atomic E-state index is 0.147. The van der Waals surface area contributed by atoms with Gasteiger partial charge in [-0.15, -0.1) is 0 Å². The molecular weight excluding hydrogens is 346 g/mol. The number of amides is 1. The van der Waals surface area contributed by atoms with Gasteiger partial charge in [-0.05, 0) is 18.6 Å². The molecular formula is C19H23N5O3. The lowest BCUT2D eigenvalue weighted by Gasteiger charge is -2.37. The van der Waals surface area contributed by atoms with Gasteiger partial charge in [-0.1, -0.05) is 18.2 Å². The molecule has 1 atom stereocenters. The van der Waals surface area contributed by atoms with Crippen molar-refractivity contribution in [2.45, 2.75) is 31.1 Å². The SMILES string of the molecule is CN=C1CCC2(C[C@@H]1n1cc(C(N)=O)c(Nc3ccccc3)n1)OCCO2. The smallest absolute Gasteiger partial charge is 0.254 e. The molecule has 3 N–H and O–H groups in total. The summed E-state index contributed by atoms with van der Waals surface area (Å²) >= 11 is 0. The highest BCUT2D eigenvalue weighted by Crippen LogP contribution is 2.40. The normalized spacial score (nSPS) is 23.0. The second-order valence-corrected chi connectivity index (χ2v) is 6.77. The number of primary amides is 1. The maximum atomic E-state index is 12.0. The molecule has 8 nitrogen and oxygen atoms in total. The predicted octanol–water partition coefficient (Wildman–Crippen LogP) is 2.26. The molecule has 1 aliphatic carbocycles. The second-order valence-electron chi connectivity index (χ2n) is 6.77. The van der Waals surface area contributed by atoms with Crippen molar-refractivity contribution >= 4 is 23.1 Å². The average Bonchev–Trinajstić information content (AvgIpc) is 3.30. The summed E-state index contributed by atoms with van der Waals surface area (Å²) < 4.78 is 13.5. The molecule has 1 saturated carbocycles. The van der Waals surface area contributed by atoms with Gasteiger partial charge in [-0.25, -0.2) is 0 Å². The summed E-state index contributed by atoms with van der Waals surface area (Å²) in [5.41, 5.74) is 7.75. The lowest BCUT2D eigenvalue weighted by atomic mass is 9.88. The number of nitrogens with zero attached hydrogens (tertiary/aromatic N) is 3. The number of benzene rings is 1. The minimum atomic E-state index is -0.593. The van der Waals surface area contributed by atoms with Crippen molar-refractivity contribution in [1.82, 2.24) is 9.78 Å². The van der Waals surface area contributed by atoms with E-state index in [-0.39, 0.29) is 6.04 Å². The first-order valence-corrected chi connectivity index (χ1v) is 9.05. The third kappa shape index (κ3) is 3.45. The Labute approximate surface area is 157 Å². The molecule has 142 valence electrons. The number of rotatable bonds is 4. The Balaban J connectivity index is 1.67. The number of para-hydroxylation sites is 1. The van der Waals surface area contributed by atoms with Gasteiger partial charge >= 0.3 is 0 Å². The van der Waals surface area contributed by atoms with E-state index in [9.17, 15) is 4.79 Å². The summed E-state index contributed by atoms with van der Waals surface area (Å²) in [4.78, 5) is 16.4. The lowest BCUT2D eigenvalue weighted by molar-refractivity contribution is -0.173. The number of aliphatic imine (C=N–C) groups is 1. The molecule has 0 unspecified atom stereocenters. The van der Waals surface area contributed by atoms with Crippen LogP contribution in [0.15, 0.2) is 41.5 Å². The highest BCUT2D eigenvalue weighted by molar-refractivity contribution is 5.98. The van der Waals surface area contributed by atoms with E-state index in [1.807, 2.05) is 30.3 Å². The number of nitrogens with two attached hydrogens (primary N) is 1. The quantitative estimate of drug-likeness (QED) is 0.860. The van der Waals surface area contributed by atoms with E-state index in [1.165, 1.54) is 0 Å². The third-order valence-corrected chi connectivity index (χ3v) is 5.11. The van der Waals surface area contributed by atoms with Gasteiger partial charge in [-0.2, -0.15) is 5.10 Å². The zero-order valence-electron chi connectivity index (χ0n) is 15.2. The molecule has 1 amide bonds. The van der Waals surface area contributed by atoms with Crippen molar-refractivity contribution in [1.29, 1.82) is 0 Å². The maximum absolute atomic E-state index is 12.0. The van der Waals surface area contributed by atoms with Crippen LogP contribution in [0.25, 0.3) is 0 Å². The van der Waals surface area contributed by atoms with E-state index >= 15 is 0 Å². The van der Waals surface area contributed by atoms with E-state index in [0.717, 1.165) is 24.2 Å². The average molecular weight is 369 g/mol. The van der Waals surface area contributed by atoms with Crippen molar-refractivity contribution in [3.05, 3.63) is 42.1 Å². The van der Waals surface area contributed by atoms with E-state index in [0.29, 0.717) is 31.0 Å². The van der Waals surface area contributed by atoms with Crippen LogP contribution in [0, 0.1) is 0 Å². The summed E-state index contributed by atoms with van der Waals surface area (Å²) in [5, 5.41) is 7.79. The van der Waals surface area contributed by atoms with Crippen LogP contribution < -0.4 is 11.1 Å². The van der Waals surface area contributed by atoms with Gasteiger partial charge in [0.2, 0.25) is 0 Å². The van der Waals surface area contributed by atoms with Crippen LogP contribution in [0.1, 0.15) is 35.7 Å². The molecule has 0 bridgehead atoms. The van der Waals surface area contributed by atoms with Crippen molar-refractivity contribution in [3.8, 4) is 0 Å². The Morgan fingerprint density at radius 1 is 1.33 bits per heavy atom. The number of ether oxygens (including phenoxy) is 2. The van der Waals surface area contributed by atoms with Gasteiger partial charge < -0.3 is 20.5 Å². The summed E-state index contributed by atoms with van der Waals surface area (Å²) in [7, 11) is 1.78. The Morgan fingerprint density at radius 3 is 2.74 bits per heavy atom. The van der Waals surface area contributed by atoms with E-state index < -0.39 is 11.7 Å². The van der Waals surface area contributed by atoms with Gasteiger partial charge in [0.15, 0.2) is 11.6 Å². The number of hydrogen-bond donors (Lipinski definition) is 2. The van der Waals surface area contributed by atoms with E-state index in [2.05, 4.69) is 15.4 Å². The Kier molecular flexibility index (Phi) is 4.67. The van der Waals surface area contributed by atoms with Gasteiger partial charge in [-0.3, -0.25) is 14.5 Å². The first-order valence-electron chi connectivity index (χ1n) is 9.05. The van der Waals surface area contributed by atoms with Crippen molar-refractivity contribution < 1.29 is 14.3 Å². The molecule has 1 aliphatic heterocycles. The zero-order valence-corrected chi connectivity index (χ0v) is 15.2. The zero-order chi connectivity index (χ0) is 18.9. The second kappa shape index (κ2) is 7.13. The van der Waals surface area contributed by atoms with Crippen LogP contribution >= 0.6 is 0 Å². The van der Waals surface area contributed by atoms with Crippen LogP contribution in [-0.4, -0.2) is 47.4 Å². The van der Waals surface area contributed by atoms with Crippen molar-refractivity contribution in [2.75, 3.05) is 25.6 Å². The molecule has 1 saturated heterocycles. The summed E-state index contributed by atoms with van der Waals surface area (Å²) in [5.74, 6) is -0.698. The monoisotopic (exact) mass is 369 g/mol. The Bertz CT molecular complexity index is 855. The van der Waals surface area contributed by atoms with E-state index in [4.69, 9.17) is 15.2 Å². The molecule has 2 fully saturated rings. The van der Waals surface area contributed by atoms with Crippen molar-refractivity contribution in [2.24, 2.45) is 10.7 Å². The van der Waals surface area contributed by atoms with Crippen LogP contribution in [0.3, 0.4) is 0 Å². The summed E-state index contributed by atoms with van der Waals surface area (Å²) in [6.07, 6.45) is 3.81. The van der Waals surface area contributed by atoms with Gasteiger partial charge in [0.25, 0.3) is 5.91 Å². The Hall–Kier alpha value is -2.71. The number of carbonyl (C=O) groups excluding carboxylic acids is 1. The standard InChI is InChI=1S/C19H23N5O3/c1-21-15-7-8-19(26-9-10-27-19)11-16(15)24-12-14(17(20)25)18(23-24)22-13-5-3-2-4-6-13/h2-6,12,16H,7-11H2,1H3,(H2,20,25)(H,22,23)/t16-/m0/s1. The van der Waals surface area contributed by atoms with Gasteiger partial charge in [0.1, 0.15) is 5.56 Å². The molecule has 4 rings (SSSR count). The maximum Gasteiger partial charge on any atom is 0.254 e.